The Morgan fingerprint density at radius 3 is 1.30 bits per heavy atom. The first-order valence-electron chi connectivity index (χ1n) is 22.5. The highest BCUT2D eigenvalue weighted by atomic mass is 127. The second kappa shape index (κ2) is 48.0. The molecule has 0 rings (SSSR count). The van der Waals surface area contributed by atoms with Crippen LogP contribution >= 0.6 is 22.9 Å². The largest absolute Gasteiger partial charge is 0.378 e. The minimum Gasteiger partial charge on any atom is -0.378 e. The molecule has 61 heavy (non-hydrogen) atoms. The summed E-state index contributed by atoms with van der Waals surface area (Å²) >= 11 is 2.05. The van der Waals surface area contributed by atoms with Crippen LogP contribution in [0.15, 0.2) is 0 Å². The van der Waals surface area contributed by atoms with Gasteiger partial charge in [0, 0.05) is 38.0 Å². The molecule has 0 heterocycles. The Kier molecular flexibility index (Phi) is 46.8. The molecule has 0 saturated heterocycles. The van der Waals surface area contributed by atoms with Crippen molar-refractivity contribution in [3.8, 4) is 0 Å². The molecular formula is C42H84IN5O13. The molecule has 4 N–H and O–H groups in total. The third-order valence-corrected chi connectivity index (χ3v) is 9.74. The normalized spacial score (nSPS) is 12.3. The second-order valence-electron chi connectivity index (χ2n) is 14.3. The summed E-state index contributed by atoms with van der Waals surface area (Å²) in [5, 5.41) is 11.8. The first kappa shape index (κ1) is 59.5. The first-order valence-corrected chi connectivity index (χ1v) is 23.5. The fourth-order valence-electron chi connectivity index (χ4n) is 5.31. The summed E-state index contributed by atoms with van der Waals surface area (Å²) in [6.45, 7) is 18.2. The van der Waals surface area contributed by atoms with Gasteiger partial charge in [0.25, 0.3) is 0 Å². The maximum absolute atomic E-state index is 12.4. The highest BCUT2D eigenvalue weighted by molar-refractivity contribution is 14.1. The lowest BCUT2D eigenvalue weighted by atomic mass is 10.1. The summed E-state index contributed by atoms with van der Waals surface area (Å²) in [5.41, 5.74) is 0. The number of halogens is 1. The van der Waals surface area contributed by atoms with Crippen LogP contribution in [0.25, 0.3) is 0 Å². The van der Waals surface area contributed by atoms with Crippen LogP contribution in [0, 0.1) is 0 Å². The van der Waals surface area contributed by atoms with Crippen LogP contribution in [0.1, 0.15) is 85.0 Å². The molecule has 0 fully saturated rings. The van der Waals surface area contributed by atoms with Gasteiger partial charge in [0.05, 0.1) is 162 Å². The number of carbonyl (C=O) groups is 3. The van der Waals surface area contributed by atoms with E-state index in [1.807, 2.05) is 43.8 Å². The maximum Gasteiger partial charge on any atom is 0.315 e. The molecule has 0 spiro atoms. The van der Waals surface area contributed by atoms with Gasteiger partial charge in [-0.15, -0.1) is 0 Å². The summed E-state index contributed by atoms with van der Waals surface area (Å²) in [6, 6.07) is -0.119. The van der Waals surface area contributed by atoms with Crippen molar-refractivity contribution >= 4 is 40.7 Å². The van der Waals surface area contributed by atoms with E-state index >= 15 is 0 Å². The fourth-order valence-corrected chi connectivity index (χ4v) is 5.75. The van der Waals surface area contributed by atoms with Gasteiger partial charge < -0.3 is 68.6 Å². The maximum atomic E-state index is 12.4. The summed E-state index contributed by atoms with van der Waals surface area (Å²) in [7, 11) is 1.89. The van der Waals surface area contributed by atoms with Crippen LogP contribution < -0.4 is 21.3 Å². The highest BCUT2D eigenvalue weighted by Gasteiger charge is 2.12. The molecule has 2 atom stereocenters. The number of hydrogen-bond acceptors (Lipinski definition) is 14. The molecule has 0 bridgehead atoms. The van der Waals surface area contributed by atoms with E-state index < -0.39 is 0 Å². The van der Waals surface area contributed by atoms with Crippen molar-refractivity contribution in [1.29, 1.82) is 0 Å². The van der Waals surface area contributed by atoms with Crippen molar-refractivity contribution in [1.82, 2.24) is 24.4 Å². The molecule has 4 amide bonds. The summed E-state index contributed by atoms with van der Waals surface area (Å²) in [4.78, 5) is 36.6. The number of nitrogens with zero attached hydrogens (tertiary/aromatic N) is 1. The number of urea groups is 1. The van der Waals surface area contributed by atoms with Gasteiger partial charge in [0.15, 0.2) is 0 Å². The minimum absolute atomic E-state index is 0.00653. The summed E-state index contributed by atoms with van der Waals surface area (Å²) in [5.74, 6) is 0.114. The number of unbranched alkanes of at least 4 members (excludes halogenated alkanes) is 4. The van der Waals surface area contributed by atoms with E-state index in [0.717, 1.165) is 51.5 Å². The number of hydrogen-bond donors (Lipinski definition) is 4. The van der Waals surface area contributed by atoms with Crippen molar-refractivity contribution in [3.63, 3.8) is 0 Å². The summed E-state index contributed by atoms with van der Waals surface area (Å²) < 4.78 is 56.6. The average Bonchev–Trinajstić information content (AvgIpc) is 3.24. The average molecular weight is 994 g/mol. The Hall–Kier alpha value is -1.50. The third kappa shape index (κ3) is 46.3. The van der Waals surface area contributed by atoms with E-state index in [-0.39, 0.29) is 29.9 Å². The van der Waals surface area contributed by atoms with Crippen molar-refractivity contribution in [2.24, 2.45) is 0 Å². The van der Waals surface area contributed by atoms with E-state index in [1.165, 1.54) is 0 Å². The predicted octanol–water partition coefficient (Wildman–Crippen LogP) is 3.66. The Morgan fingerprint density at radius 2 is 0.869 bits per heavy atom. The Morgan fingerprint density at radius 1 is 0.492 bits per heavy atom. The number of carbonyl (C=O) groups excluding carboxylic acids is 3. The molecule has 0 aliphatic heterocycles. The Bertz CT molecular complexity index is 983. The number of rotatable bonds is 48. The van der Waals surface area contributed by atoms with Crippen LogP contribution in [0.5, 0.6) is 0 Å². The molecule has 0 aliphatic rings. The van der Waals surface area contributed by atoms with Crippen LogP contribution in [-0.4, -0.2) is 192 Å². The van der Waals surface area contributed by atoms with Gasteiger partial charge in [-0.3, -0.25) is 12.7 Å². The molecule has 0 aromatic rings. The van der Waals surface area contributed by atoms with E-state index in [2.05, 4.69) is 28.2 Å². The zero-order valence-electron chi connectivity index (χ0n) is 38.1. The Balaban J connectivity index is 3.35. The fraction of sp³-hybridized carbons (Fsp3) is 0.929. The molecule has 0 radical (unpaired) electrons. The van der Waals surface area contributed by atoms with Gasteiger partial charge in [-0.05, 0) is 46.6 Å². The van der Waals surface area contributed by atoms with Gasteiger partial charge >= 0.3 is 6.03 Å². The minimum atomic E-state index is -0.183. The van der Waals surface area contributed by atoms with Crippen LogP contribution in [0.4, 0.5) is 4.79 Å². The third-order valence-electron chi connectivity index (χ3n) is 8.72. The topological polar surface area (TPSA) is 195 Å². The molecule has 0 aromatic carbocycles. The van der Waals surface area contributed by atoms with Gasteiger partial charge in [-0.25, -0.2) is 4.79 Å². The second-order valence-corrected chi connectivity index (χ2v) is 15.5. The molecule has 0 aromatic heterocycles. The number of nitrogens with one attached hydrogen (secondary N) is 4. The number of amides is 4. The number of ether oxygens (including phenoxy) is 10. The monoisotopic (exact) mass is 994 g/mol. The molecule has 0 unspecified atom stereocenters. The Labute approximate surface area is 381 Å². The number of likely N-dealkylation sites (N-methyl/N-ethyl adjacent to an activating group) is 1. The van der Waals surface area contributed by atoms with Crippen molar-refractivity contribution < 1.29 is 61.8 Å². The molecule has 0 aliphatic carbocycles. The van der Waals surface area contributed by atoms with E-state index in [0.29, 0.717) is 164 Å². The van der Waals surface area contributed by atoms with E-state index in [4.69, 9.17) is 47.4 Å². The zero-order chi connectivity index (χ0) is 44.7. The predicted molar refractivity (Wildman–Crippen MR) is 243 cm³/mol. The lowest BCUT2D eigenvalue weighted by Gasteiger charge is -2.17. The summed E-state index contributed by atoms with van der Waals surface area (Å²) in [6.07, 6.45) is 8.21. The van der Waals surface area contributed by atoms with Crippen LogP contribution in [0.2, 0.25) is 0 Å². The van der Waals surface area contributed by atoms with Gasteiger partial charge in [0.2, 0.25) is 11.8 Å². The van der Waals surface area contributed by atoms with Crippen molar-refractivity contribution in [2.75, 3.05) is 159 Å². The van der Waals surface area contributed by atoms with Crippen molar-refractivity contribution in [2.45, 2.75) is 97.1 Å². The molecule has 0 saturated carbocycles. The SMILES string of the molecule is CCC[C@H](C)NC(=O)N[C@@H](C)CCC(=O)NCCCCCCCC(=O)N(I)CCOCCOCCOCCOCCOCCOCCOCCOCCOCCOCCNC. The lowest BCUT2D eigenvalue weighted by Crippen LogP contribution is -2.44. The van der Waals surface area contributed by atoms with Gasteiger partial charge in [0.1, 0.15) is 0 Å². The standard InChI is InChI=1S/C42H84IN5O13/c1-5-11-38(2)46-42(51)47-39(3)13-14-40(49)45-15-10-8-6-7-9-12-41(50)48(43)17-19-53-21-23-55-25-27-57-29-31-59-33-35-61-37-36-60-34-32-58-30-28-56-26-24-54-22-20-52-18-16-44-4/h38-39,44H,5-37H2,1-4H3,(H,45,49)(H2,46,47,51)/t38-,39-/m0/s1. The molecule has 18 nitrogen and oxygen atoms in total. The van der Waals surface area contributed by atoms with Gasteiger partial charge in [-0.1, -0.05) is 32.6 Å². The van der Waals surface area contributed by atoms with E-state index in [1.54, 1.807) is 3.11 Å². The van der Waals surface area contributed by atoms with Crippen LogP contribution in [-0.2, 0) is 57.0 Å². The van der Waals surface area contributed by atoms with Gasteiger partial charge in [-0.2, -0.15) is 0 Å². The first-order chi connectivity index (χ1) is 29.8. The molecule has 19 heteroatoms. The zero-order valence-corrected chi connectivity index (χ0v) is 40.3. The lowest BCUT2D eigenvalue weighted by molar-refractivity contribution is -0.126. The molecular weight excluding hydrogens is 909 g/mol. The smallest absolute Gasteiger partial charge is 0.315 e. The van der Waals surface area contributed by atoms with Crippen molar-refractivity contribution in [3.05, 3.63) is 0 Å². The quantitative estimate of drug-likeness (QED) is 0.0392. The highest BCUT2D eigenvalue weighted by Crippen LogP contribution is 2.10. The van der Waals surface area contributed by atoms with Crippen LogP contribution in [0.3, 0.4) is 0 Å². The molecule has 362 valence electrons. The van der Waals surface area contributed by atoms with E-state index in [9.17, 15) is 14.4 Å².